The van der Waals surface area contributed by atoms with Crippen LogP contribution >= 0.6 is 0 Å². The van der Waals surface area contributed by atoms with E-state index in [1.807, 2.05) is 12.1 Å². The number of aromatic hydroxyl groups is 1. The van der Waals surface area contributed by atoms with Crippen molar-refractivity contribution < 1.29 is 9.90 Å². The molecule has 0 saturated carbocycles. The van der Waals surface area contributed by atoms with E-state index in [9.17, 15) is 9.90 Å². The van der Waals surface area contributed by atoms with Gasteiger partial charge in [-0.05, 0) is 56.1 Å². The molecule has 0 aromatic heterocycles. The van der Waals surface area contributed by atoms with E-state index in [2.05, 4.69) is 11.9 Å². The van der Waals surface area contributed by atoms with Crippen LogP contribution in [0.5, 0.6) is 5.75 Å². The fourth-order valence-corrected chi connectivity index (χ4v) is 3.70. The lowest BCUT2D eigenvalue weighted by Gasteiger charge is -2.49. The highest BCUT2D eigenvalue weighted by Gasteiger charge is 2.44. The highest BCUT2D eigenvalue weighted by molar-refractivity contribution is 5.56. The van der Waals surface area contributed by atoms with Gasteiger partial charge in [0.05, 0.1) is 0 Å². The molecule has 1 aromatic rings. The molecule has 1 N–H and O–H groups in total. The number of carbonyl (C=O) groups excluding carboxylic acids is 1. The topological polar surface area (TPSA) is 40.5 Å². The highest BCUT2D eigenvalue weighted by Crippen LogP contribution is 2.47. The third kappa shape index (κ3) is 1.65. The second-order valence-electron chi connectivity index (χ2n) is 5.79. The lowest BCUT2D eigenvalue weighted by molar-refractivity contribution is -0.109. The van der Waals surface area contributed by atoms with Crippen LogP contribution in [0.3, 0.4) is 0 Å². The van der Waals surface area contributed by atoms with E-state index in [-0.39, 0.29) is 5.41 Å². The third-order valence-corrected chi connectivity index (χ3v) is 4.79. The summed E-state index contributed by atoms with van der Waals surface area (Å²) < 4.78 is 0. The summed E-state index contributed by atoms with van der Waals surface area (Å²) >= 11 is 0. The molecule has 1 aliphatic carbocycles. The predicted octanol–water partition coefficient (Wildman–Crippen LogP) is 1.87. The number of fused-ring (bicyclic) bond motifs is 4. The first-order valence-corrected chi connectivity index (χ1v) is 6.61. The molecule has 2 unspecified atom stereocenters. The van der Waals surface area contributed by atoms with Gasteiger partial charge < -0.3 is 14.8 Å². The van der Waals surface area contributed by atoms with Crippen molar-refractivity contribution in [3.63, 3.8) is 0 Å². The first-order valence-electron chi connectivity index (χ1n) is 6.61. The van der Waals surface area contributed by atoms with Gasteiger partial charge >= 0.3 is 0 Å². The van der Waals surface area contributed by atoms with Crippen LogP contribution in [0.15, 0.2) is 18.2 Å². The summed E-state index contributed by atoms with van der Waals surface area (Å²) in [7, 11) is 2.17. The molecule has 2 aliphatic rings. The summed E-state index contributed by atoms with van der Waals surface area (Å²) in [5.41, 5.74) is 2.47. The molecule has 3 rings (SSSR count). The quantitative estimate of drug-likeness (QED) is 0.809. The van der Waals surface area contributed by atoms with Crippen molar-refractivity contribution in [1.29, 1.82) is 0 Å². The Morgan fingerprint density at radius 2 is 2.39 bits per heavy atom. The zero-order chi connectivity index (χ0) is 12.8. The van der Waals surface area contributed by atoms with Gasteiger partial charge in [-0.3, -0.25) is 0 Å². The zero-order valence-electron chi connectivity index (χ0n) is 10.7. The van der Waals surface area contributed by atoms with Crippen LogP contribution in [0.2, 0.25) is 0 Å². The van der Waals surface area contributed by atoms with Crippen LogP contribution in [0.4, 0.5) is 0 Å². The van der Waals surface area contributed by atoms with Gasteiger partial charge in [0, 0.05) is 17.9 Å². The summed E-state index contributed by atoms with van der Waals surface area (Å²) in [6, 6.07) is 6.19. The van der Waals surface area contributed by atoms with E-state index >= 15 is 0 Å². The first kappa shape index (κ1) is 11.7. The van der Waals surface area contributed by atoms with Gasteiger partial charge in [0.25, 0.3) is 0 Å². The Hall–Kier alpha value is -1.35. The first-order chi connectivity index (χ1) is 8.64. The van der Waals surface area contributed by atoms with Crippen LogP contribution in [-0.4, -0.2) is 35.9 Å². The molecule has 1 fully saturated rings. The number of phenolic OH excluding ortho intramolecular Hbond substituents is 1. The highest BCUT2D eigenvalue weighted by atomic mass is 16.3. The Labute approximate surface area is 107 Å². The maximum atomic E-state index is 11.1. The molecule has 2 bridgehead atoms. The predicted molar refractivity (Wildman–Crippen MR) is 69.8 cm³/mol. The Bertz CT molecular complexity index is 485. The van der Waals surface area contributed by atoms with E-state index in [4.69, 9.17) is 0 Å². The molecule has 18 heavy (non-hydrogen) atoms. The number of benzene rings is 1. The average molecular weight is 245 g/mol. The minimum absolute atomic E-state index is 0.0365. The molecule has 1 heterocycles. The molecule has 2 atom stereocenters. The van der Waals surface area contributed by atoms with Crippen LogP contribution < -0.4 is 0 Å². The Morgan fingerprint density at radius 1 is 1.56 bits per heavy atom. The van der Waals surface area contributed by atoms with Gasteiger partial charge in [-0.2, -0.15) is 0 Å². The maximum absolute atomic E-state index is 11.1. The van der Waals surface area contributed by atoms with E-state index < -0.39 is 0 Å². The lowest BCUT2D eigenvalue weighted by atomic mass is 9.62. The van der Waals surface area contributed by atoms with E-state index in [1.165, 1.54) is 11.1 Å². The number of rotatable bonds is 2. The molecule has 3 heteroatoms. The molecule has 1 aromatic carbocycles. The van der Waals surface area contributed by atoms with E-state index in [0.29, 0.717) is 18.2 Å². The van der Waals surface area contributed by atoms with E-state index in [1.54, 1.807) is 6.07 Å². The summed E-state index contributed by atoms with van der Waals surface area (Å²) in [5.74, 6) is 0.316. The van der Waals surface area contributed by atoms with Gasteiger partial charge in [0.2, 0.25) is 0 Å². The summed E-state index contributed by atoms with van der Waals surface area (Å²) in [4.78, 5) is 13.5. The maximum Gasteiger partial charge on any atom is 0.120 e. The van der Waals surface area contributed by atoms with Crippen LogP contribution in [0, 0.1) is 0 Å². The number of aldehydes is 1. The Kier molecular flexibility index (Phi) is 2.67. The minimum atomic E-state index is -0.0365. The van der Waals surface area contributed by atoms with Gasteiger partial charge in [-0.15, -0.1) is 0 Å². The van der Waals surface area contributed by atoms with Crippen molar-refractivity contribution >= 4 is 6.29 Å². The summed E-state index contributed by atoms with van der Waals surface area (Å²) in [6.07, 6.45) is 4.70. The molecule has 1 aliphatic heterocycles. The Morgan fingerprint density at radius 3 is 3.17 bits per heavy atom. The van der Waals surface area contributed by atoms with Crippen molar-refractivity contribution in [2.24, 2.45) is 0 Å². The normalized spacial score (nSPS) is 30.8. The second-order valence-corrected chi connectivity index (χ2v) is 5.79. The average Bonchev–Trinajstić information content (AvgIpc) is 2.36. The van der Waals surface area contributed by atoms with Crippen molar-refractivity contribution in [2.45, 2.75) is 37.1 Å². The zero-order valence-corrected chi connectivity index (χ0v) is 10.7. The fourth-order valence-electron chi connectivity index (χ4n) is 3.70. The number of piperidine rings is 1. The molecular formula is C15H19NO2. The van der Waals surface area contributed by atoms with E-state index in [0.717, 1.165) is 32.1 Å². The smallest absolute Gasteiger partial charge is 0.120 e. The SMILES string of the molecule is CN1CCC2(CC=O)CC1Cc1ccc(O)cc12. The number of nitrogens with zero attached hydrogens (tertiary/aromatic N) is 1. The standard InChI is InChI=1S/C15H19NO2/c1-16-6-4-15(5-7-17)10-12(16)8-11-2-3-13(18)9-14(11)15/h2-3,7,9,12,18H,4-6,8,10H2,1H3. The van der Waals surface area contributed by atoms with Crippen LogP contribution in [0.25, 0.3) is 0 Å². The Balaban J connectivity index is 2.12. The number of hydrogen-bond acceptors (Lipinski definition) is 3. The third-order valence-electron chi connectivity index (χ3n) is 4.79. The monoisotopic (exact) mass is 245 g/mol. The number of likely N-dealkylation sites (tertiary alicyclic amines) is 1. The second kappa shape index (κ2) is 4.09. The number of carbonyl (C=O) groups is 1. The minimum Gasteiger partial charge on any atom is -0.508 e. The molecule has 0 spiro atoms. The molecule has 3 nitrogen and oxygen atoms in total. The number of hydrogen-bond donors (Lipinski definition) is 1. The summed E-state index contributed by atoms with van der Waals surface area (Å²) in [6.45, 7) is 1.04. The van der Waals surface area contributed by atoms with Gasteiger partial charge in [-0.1, -0.05) is 6.07 Å². The lowest BCUT2D eigenvalue weighted by Crippen LogP contribution is -2.51. The molecular weight excluding hydrogens is 226 g/mol. The fraction of sp³-hybridized carbons (Fsp3) is 0.533. The number of phenols is 1. The van der Waals surface area contributed by atoms with Gasteiger partial charge in [-0.25, -0.2) is 0 Å². The van der Waals surface area contributed by atoms with Crippen LogP contribution in [0.1, 0.15) is 30.4 Å². The van der Waals surface area contributed by atoms with Crippen molar-refractivity contribution in [2.75, 3.05) is 13.6 Å². The molecule has 0 amide bonds. The van der Waals surface area contributed by atoms with Crippen molar-refractivity contribution in [3.05, 3.63) is 29.3 Å². The number of likely N-dealkylation sites (N-methyl/N-ethyl adjacent to an activating group) is 1. The van der Waals surface area contributed by atoms with Gasteiger partial charge in [0.15, 0.2) is 0 Å². The van der Waals surface area contributed by atoms with Gasteiger partial charge in [0.1, 0.15) is 12.0 Å². The molecule has 96 valence electrons. The largest absolute Gasteiger partial charge is 0.508 e. The molecule has 1 saturated heterocycles. The van der Waals surface area contributed by atoms with Crippen LogP contribution in [-0.2, 0) is 16.6 Å². The summed E-state index contributed by atoms with van der Waals surface area (Å²) in [5, 5.41) is 9.72. The van der Waals surface area contributed by atoms with Crippen molar-refractivity contribution in [3.8, 4) is 5.75 Å². The van der Waals surface area contributed by atoms with Crippen molar-refractivity contribution in [1.82, 2.24) is 4.90 Å². The molecule has 0 radical (unpaired) electrons.